The Balaban J connectivity index is 1.76. The van der Waals surface area contributed by atoms with E-state index in [2.05, 4.69) is 22.4 Å². The van der Waals surface area contributed by atoms with E-state index >= 15 is 0 Å². The van der Waals surface area contributed by atoms with Crippen LogP contribution in [0.5, 0.6) is 5.75 Å². The van der Waals surface area contributed by atoms with Gasteiger partial charge in [0.15, 0.2) is 0 Å². The maximum absolute atomic E-state index is 5.79. The molecule has 1 aliphatic heterocycles. The van der Waals surface area contributed by atoms with Crippen molar-refractivity contribution in [2.45, 2.75) is 19.5 Å². The van der Waals surface area contributed by atoms with Crippen molar-refractivity contribution in [1.82, 2.24) is 4.90 Å². The maximum atomic E-state index is 5.79. The molecule has 1 aromatic carbocycles. The lowest BCUT2D eigenvalue weighted by Crippen LogP contribution is -2.29. The second-order valence-corrected chi connectivity index (χ2v) is 5.90. The van der Waals surface area contributed by atoms with Crippen molar-refractivity contribution in [3.05, 3.63) is 45.6 Å². The molecule has 0 radical (unpaired) electrons. The Morgan fingerprint density at radius 2 is 2.26 bits per heavy atom. The molecule has 0 unspecified atom stereocenters. The highest BCUT2D eigenvalue weighted by Gasteiger charge is 2.18. The summed E-state index contributed by atoms with van der Waals surface area (Å²) in [6.07, 6.45) is 1.16. The fourth-order valence-electron chi connectivity index (χ4n) is 2.57. The van der Waals surface area contributed by atoms with E-state index in [1.54, 1.807) is 12.0 Å². The summed E-state index contributed by atoms with van der Waals surface area (Å²) in [6.45, 7) is 3.06. The van der Waals surface area contributed by atoms with Gasteiger partial charge in [-0.1, -0.05) is 6.07 Å². The van der Waals surface area contributed by atoms with Gasteiger partial charge in [-0.2, -0.15) is 0 Å². The van der Waals surface area contributed by atoms with Gasteiger partial charge in [0.05, 0.1) is 7.11 Å². The van der Waals surface area contributed by atoms with E-state index in [-0.39, 0.29) is 0 Å². The summed E-state index contributed by atoms with van der Waals surface area (Å²) >= 11 is 1.88. The Hall–Kier alpha value is -1.52. The molecule has 0 aliphatic carbocycles. The molecule has 1 aliphatic rings. The molecule has 4 heteroatoms. The van der Waals surface area contributed by atoms with Gasteiger partial charge < -0.3 is 10.5 Å². The first kappa shape index (κ1) is 12.5. The third kappa shape index (κ3) is 2.60. The number of nitrogens with two attached hydrogens (primary N) is 1. The van der Waals surface area contributed by atoms with Crippen LogP contribution in [0.2, 0.25) is 0 Å². The largest absolute Gasteiger partial charge is 0.496 e. The van der Waals surface area contributed by atoms with Crippen molar-refractivity contribution >= 4 is 17.0 Å². The molecule has 2 aromatic rings. The minimum atomic E-state index is 0.749. The third-order valence-corrected chi connectivity index (χ3v) is 4.61. The minimum Gasteiger partial charge on any atom is -0.496 e. The summed E-state index contributed by atoms with van der Waals surface area (Å²) in [5.74, 6) is 0.885. The van der Waals surface area contributed by atoms with Crippen LogP contribution in [0.4, 0.5) is 5.69 Å². The molecule has 0 bridgehead atoms. The second-order valence-electron chi connectivity index (χ2n) is 4.90. The van der Waals surface area contributed by atoms with E-state index in [1.165, 1.54) is 11.1 Å². The number of benzene rings is 1. The summed E-state index contributed by atoms with van der Waals surface area (Å²) in [6, 6.07) is 8.15. The lowest BCUT2D eigenvalue weighted by atomic mass is 10.1. The second kappa shape index (κ2) is 5.23. The van der Waals surface area contributed by atoms with Gasteiger partial charge in [-0.3, -0.25) is 4.90 Å². The summed E-state index contributed by atoms with van der Waals surface area (Å²) in [5.41, 5.74) is 9.22. The fraction of sp³-hybridized carbons (Fsp3) is 0.333. The van der Waals surface area contributed by atoms with Crippen molar-refractivity contribution in [1.29, 1.82) is 0 Å². The van der Waals surface area contributed by atoms with Crippen molar-refractivity contribution in [3.8, 4) is 5.75 Å². The van der Waals surface area contributed by atoms with Crippen LogP contribution in [0.25, 0.3) is 0 Å². The lowest BCUT2D eigenvalue weighted by molar-refractivity contribution is 0.243. The molecule has 3 nitrogen and oxygen atoms in total. The highest BCUT2D eigenvalue weighted by atomic mass is 32.1. The molecule has 2 N–H and O–H groups in total. The van der Waals surface area contributed by atoms with Gasteiger partial charge in [0, 0.05) is 41.8 Å². The third-order valence-electron chi connectivity index (χ3n) is 3.59. The highest BCUT2D eigenvalue weighted by molar-refractivity contribution is 7.10. The molecule has 0 amide bonds. The summed E-state index contributed by atoms with van der Waals surface area (Å²) in [7, 11) is 1.70. The first-order chi connectivity index (χ1) is 9.26. The average Bonchev–Trinajstić information content (AvgIpc) is 2.88. The number of hydrogen-bond acceptors (Lipinski definition) is 4. The predicted octanol–water partition coefficient (Wildman–Crippen LogP) is 2.90. The molecule has 0 fully saturated rings. The number of ether oxygens (including phenoxy) is 1. The highest BCUT2D eigenvalue weighted by Crippen LogP contribution is 2.28. The normalized spacial score (nSPS) is 15.2. The van der Waals surface area contributed by atoms with Crippen LogP contribution in [0.3, 0.4) is 0 Å². The number of anilines is 1. The van der Waals surface area contributed by atoms with E-state index in [0.29, 0.717) is 0 Å². The van der Waals surface area contributed by atoms with Gasteiger partial charge in [-0.05, 0) is 29.5 Å². The molecule has 3 rings (SSSR count). The summed E-state index contributed by atoms with van der Waals surface area (Å²) in [5, 5.41) is 2.19. The zero-order chi connectivity index (χ0) is 13.2. The Kier molecular flexibility index (Phi) is 3.44. The van der Waals surface area contributed by atoms with E-state index in [9.17, 15) is 0 Å². The molecule has 100 valence electrons. The topological polar surface area (TPSA) is 38.5 Å². The van der Waals surface area contributed by atoms with Gasteiger partial charge in [0.1, 0.15) is 5.75 Å². The Labute approximate surface area is 117 Å². The van der Waals surface area contributed by atoms with Crippen LogP contribution >= 0.6 is 11.3 Å². The van der Waals surface area contributed by atoms with Crippen molar-refractivity contribution in [2.75, 3.05) is 19.4 Å². The van der Waals surface area contributed by atoms with Crippen molar-refractivity contribution in [2.24, 2.45) is 0 Å². The molecule has 19 heavy (non-hydrogen) atoms. The zero-order valence-corrected chi connectivity index (χ0v) is 11.9. The average molecular weight is 274 g/mol. The van der Waals surface area contributed by atoms with E-state index in [4.69, 9.17) is 10.5 Å². The molecule has 0 atom stereocenters. The molecule has 0 saturated carbocycles. The molecule has 2 heterocycles. The van der Waals surface area contributed by atoms with Gasteiger partial charge in [0.25, 0.3) is 0 Å². The summed E-state index contributed by atoms with van der Waals surface area (Å²) < 4.78 is 5.42. The van der Waals surface area contributed by atoms with Gasteiger partial charge in [-0.25, -0.2) is 0 Å². The quantitative estimate of drug-likeness (QED) is 0.875. The van der Waals surface area contributed by atoms with E-state index < -0.39 is 0 Å². The number of fused-ring (bicyclic) bond motifs is 1. The first-order valence-corrected chi connectivity index (χ1v) is 7.34. The van der Waals surface area contributed by atoms with Crippen LogP contribution in [-0.4, -0.2) is 18.6 Å². The van der Waals surface area contributed by atoms with Crippen LogP contribution in [0, 0.1) is 0 Å². The van der Waals surface area contributed by atoms with Crippen molar-refractivity contribution < 1.29 is 4.74 Å². The Morgan fingerprint density at radius 1 is 1.37 bits per heavy atom. The first-order valence-electron chi connectivity index (χ1n) is 6.46. The van der Waals surface area contributed by atoms with Crippen LogP contribution in [0.15, 0.2) is 29.6 Å². The van der Waals surface area contributed by atoms with Gasteiger partial charge >= 0.3 is 0 Å². The zero-order valence-electron chi connectivity index (χ0n) is 11.1. The van der Waals surface area contributed by atoms with Crippen LogP contribution in [-0.2, 0) is 19.5 Å². The monoisotopic (exact) mass is 274 g/mol. The molecule has 0 saturated heterocycles. The fourth-order valence-corrected chi connectivity index (χ4v) is 3.46. The maximum Gasteiger partial charge on any atom is 0.125 e. The number of methoxy groups -OCH3 is 1. The number of nitrogens with zero attached hydrogens (tertiary/aromatic N) is 1. The number of nitrogen functional groups attached to an aromatic ring is 1. The molecular formula is C15H18N2OS. The number of thiophene rings is 1. The molecular weight excluding hydrogens is 256 g/mol. The number of hydrogen-bond donors (Lipinski definition) is 1. The smallest absolute Gasteiger partial charge is 0.125 e. The predicted molar refractivity (Wildman–Crippen MR) is 79.5 cm³/mol. The van der Waals surface area contributed by atoms with Crippen molar-refractivity contribution in [3.63, 3.8) is 0 Å². The van der Waals surface area contributed by atoms with E-state index in [1.807, 2.05) is 23.5 Å². The van der Waals surface area contributed by atoms with Gasteiger partial charge in [-0.15, -0.1) is 11.3 Å². The molecule has 0 spiro atoms. The Morgan fingerprint density at radius 3 is 3.11 bits per heavy atom. The molecule has 1 aromatic heterocycles. The number of rotatable bonds is 3. The van der Waals surface area contributed by atoms with Crippen LogP contribution < -0.4 is 10.5 Å². The minimum absolute atomic E-state index is 0.749. The van der Waals surface area contributed by atoms with E-state index in [0.717, 1.165) is 37.5 Å². The SMILES string of the molecule is COc1cc(N)ccc1CN1CCc2sccc2C1. The summed E-state index contributed by atoms with van der Waals surface area (Å²) in [4.78, 5) is 4.00. The standard InChI is InChI=1S/C15H18N2OS/c1-18-14-8-13(16)3-2-11(14)9-17-6-4-15-12(10-17)5-7-19-15/h2-3,5,7-8H,4,6,9-10,16H2,1H3. The Bertz CT molecular complexity index is 579. The van der Waals surface area contributed by atoms with Crippen LogP contribution in [0.1, 0.15) is 16.0 Å². The van der Waals surface area contributed by atoms with Gasteiger partial charge in [0.2, 0.25) is 0 Å². The lowest BCUT2D eigenvalue weighted by Gasteiger charge is -2.27.